The Balaban J connectivity index is 1.42. The second-order valence-corrected chi connectivity index (χ2v) is 9.31. The van der Waals surface area contributed by atoms with Crippen molar-refractivity contribution in [3.05, 3.63) is 99.0 Å². The molecule has 0 saturated carbocycles. The molecular formula is C26H26Cl2FN3O. The number of carbonyl (C=O) groups excluding carboxylic acids is 1. The second kappa shape index (κ2) is 10.6. The molecule has 4 rings (SSSR count). The van der Waals surface area contributed by atoms with E-state index in [1.54, 1.807) is 18.3 Å². The molecule has 7 heteroatoms. The fourth-order valence-corrected chi connectivity index (χ4v) is 4.60. The zero-order valence-electron chi connectivity index (χ0n) is 18.4. The van der Waals surface area contributed by atoms with E-state index in [0.717, 1.165) is 54.9 Å². The largest absolute Gasteiger partial charge is 0.343 e. The van der Waals surface area contributed by atoms with E-state index in [9.17, 15) is 9.18 Å². The van der Waals surface area contributed by atoms with Crippen LogP contribution >= 0.6 is 23.2 Å². The van der Waals surface area contributed by atoms with Crippen LogP contribution in [0.15, 0.2) is 60.8 Å². The van der Waals surface area contributed by atoms with Crippen LogP contribution in [0.2, 0.25) is 10.0 Å². The van der Waals surface area contributed by atoms with Crippen molar-refractivity contribution >= 4 is 29.1 Å². The Morgan fingerprint density at radius 1 is 1.12 bits per heavy atom. The van der Waals surface area contributed by atoms with Crippen LogP contribution < -0.4 is 5.32 Å². The highest BCUT2D eigenvalue weighted by Gasteiger charge is 2.28. The first-order valence-corrected chi connectivity index (χ1v) is 11.8. The molecule has 1 saturated heterocycles. The van der Waals surface area contributed by atoms with Gasteiger partial charge in [-0.2, -0.15) is 0 Å². The van der Waals surface area contributed by atoms with E-state index in [1.807, 2.05) is 37.3 Å². The van der Waals surface area contributed by atoms with Crippen LogP contribution in [0, 0.1) is 18.7 Å². The Hall–Kier alpha value is -2.47. The monoisotopic (exact) mass is 485 g/mol. The van der Waals surface area contributed by atoms with Gasteiger partial charge in [0.15, 0.2) is 0 Å². The summed E-state index contributed by atoms with van der Waals surface area (Å²) in [5, 5.41) is 4.29. The lowest BCUT2D eigenvalue weighted by atomic mass is 9.93. The van der Waals surface area contributed by atoms with Gasteiger partial charge in [0.1, 0.15) is 5.82 Å². The Kier molecular flexibility index (Phi) is 7.63. The molecule has 1 aliphatic rings. The van der Waals surface area contributed by atoms with Gasteiger partial charge in [-0.05, 0) is 79.9 Å². The van der Waals surface area contributed by atoms with Gasteiger partial charge >= 0.3 is 0 Å². The van der Waals surface area contributed by atoms with E-state index in [0.29, 0.717) is 10.0 Å². The van der Waals surface area contributed by atoms with Gasteiger partial charge in [0.2, 0.25) is 5.91 Å². The van der Waals surface area contributed by atoms with Gasteiger partial charge < -0.3 is 5.32 Å². The van der Waals surface area contributed by atoms with E-state index in [-0.39, 0.29) is 17.6 Å². The number of carbonyl (C=O) groups is 1. The number of amides is 1. The maximum atomic E-state index is 13.5. The zero-order valence-corrected chi connectivity index (χ0v) is 19.9. The van der Waals surface area contributed by atoms with Crippen LogP contribution in [-0.4, -0.2) is 28.9 Å². The molecule has 0 radical (unpaired) electrons. The Labute approximate surface area is 203 Å². The van der Waals surface area contributed by atoms with Crippen LogP contribution in [0.25, 0.3) is 0 Å². The lowest BCUT2D eigenvalue weighted by Gasteiger charge is -2.32. The average Bonchev–Trinajstić information content (AvgIpc) is 2.81. The van der Waals surface area contributed by atoms with Crippen molar-refractivity contribution in [2.45, 2.75) is 32.4 Å². The minimum absolute atomic E-state index is 0.00330. The fraction of sp³-hybridized carbons (Fsp3) is 0.308. The van der Waals surface area contributed by atoms with Crippen molar-refractivity contribution in [2.24, 2.45) is 5.92 Å². The smallest absolute Gasteiger partial charge is 0.224 e. The summed E-state index contributed by atoms with van der Waals surface area (Å²) in [6, 6.07) is 15.3. The predicted molar refractivity (Wildman–Crippen MR) is 130 cm³/mol. The molecule has 1 unspecified atom stereocenters. The van der Waals surface area contributed by atoms with E-state index in [1.165, 1.54) is 12.1 Å². The highest BCUT2D eigenvalue weighted by atomic mass is 35.5. The predicted octanol–water partition coefficient (Wildman–Crippen LogP) is 5.95. The molecule has 0 spiro atoms. The van der Waals surface area contributed by atoms with E-state index in [4.69, 9.17) is 23.2 Å². The first kappa shape index (κ1) is 23.7. The summed E-state index contributed by atoms with van der Waals surface area (Å²) in [6.07, 6.45) is 3.25. The number of piperidine rings is 1. The normalized spacial score (nSPS) is 15.9. The number of hydrogen-bond donors (Lipinski definition) is 1. The molecular weight excluding hydrogens is 460 g/mol. The maximum Gasteiger partial charge on any atom is 0.224 e. The second-order valence-electron chi connectivity index (χ2n) is 8.50. The zero-order chi connectivity index (χ0) is 23.4. The number of aryl methyl sites for hydroxylation is 1. The molecule has 33 heavy (non-hydrogen) atoms. The maximum absolute atomic E-state index is 13.5. The summed E-state index contributed by atoms with van der Waals surface area (Å²) in [5.41, 5.74) is 3.66. The molecule has 3 aromatic rings. The third-order valence-electron chi connectivity index (χ3n) is 6.16. The number of pyridine rings is 1. The number of benzene rings is 2. The van der Waals surface area contributed by atoms with E-state index < -0.39 is 6.04 Å². The number of hydrogen-bond acceptors (Lipinski definition) is 3. The molecule has 1 N–H and O–H groups in total. The lowest BCUT2D eigenvalue weighted by Crippen LogP contribution is -2.41. The Morgan fingerprint density at radius 3 is 2.52 bits per heavy atom. The average molecular weight is 486 g/mol. The van der Waals surface area contributed by atoms with Gasteiger partial charge in [-0.3, -0.25) is 14.7 Å². The molecule has 1 amide bonds. The van der Waals surface area contributed by atoms with Crippen LogP contribution in [-0.2, 0) is 11.3 Å². The summed E-state index contributed by atoms with van der Waals surface area (Å²) < 4.78 is 13.5. The van der Waals surface area contributed by atoms with Gasteiger partial charge in [-0.25, -0.2) is 4.39 Å². The standard InChI is InChI=1S/C26H26Cl2FN3O/c1-17-3-2-12-30-24(17)25(19-5-7-21(29)8-6-19)31-26(33)20-10-13-32(14-11-20)16-18-4-9-22(27)23(28)15-18/h2-9,12,15,20,25H,10-11,13-14,16H2,1H3,(H,31,33). The van der Waals surface area contributed by atoms with Crippen LogP contribution in [0.4, 0.5) is 4.39 Å². The summed E-state index contributed by atoms with van der Waals surface area (Å²) in [7, 11) is 0. The van der Waals surface area contributed by atoms with E-state index >= 15 is 0 Å². The molecule has 0 aliphatic carbocycles. The summed E-state index contributed by atoms with van der Waals surface area (Å²) >= 11 is 12.1. The number of nitrogens with zero attached hydrogens (tertiary/aromatic N) is 2. The van der Waals surface area contributed by atoms with Crippen molar-refractivity contribution in [2.75, 3.05) is 13.1 Å². The van der Waals surface area contributed by atoms with Gasteiger partial charge in [0.05, 0.1) is 21.8 Å². The molecule has 0 bridgehead atoms. The minimum atomic E-state index is -0.423. The number of likely N-dealkylation sites (tertiary alicyclic amines) is 1. The van der Waals surface area contributed by atoms with Gasteiger partial charge in [-0.15, -0.1) is 0 Å². The number of aromatic nitrogens is 1. The quantitative estimate of drug-likeness (QED) is 0.468. The fourth-order valence-electron chi connectivity index (χ4n) is 4.27. The highest BCUT2D eigenvalue weighted by molar-refractivity contribution is 6.42. The van der Waals surface area contributed by atoms with E-state index in [2.05, 4.69) is 15.2 Å². The van der Waals surface area contributed by atoms with Gasteiger partial charge in [0.25, 0.3) is 0 Å². The number of rotatable bonds is 6. The summed E-state index contributed by atoms with van der Waals surface area (Å²) in [5.74, 6) is -0.387. The van der Waals surface area contributed by atoms with Crippen molar-refractivity contribution in [1.29, 1.82) is 0 Å². The van der Waals surface area contributed by atoms with Crippen LogP contribution in [0.1, 0.15) is 41.3 Å². The van der Waals surface area contributed by atoms with Gasteiger partial charge in [-0.1, -0.05) is 47.5 Å². The first-order valence-electron chi connectivity index (χ1n) is 11.0. The van der Waals surface area contributed by atoms with Crippen molar-refractivity contribution in [3.63, 3.8) is 0 Å². The molecule has 1 aromatic heterocycles. The highest BCUT2D eigenvalue weighted by Crippen LogP contribution is 2.27. The van der Waals surface area contributed by atoms with Crippen molar-refractivity contribution < 1.29 is 9.18 Å². The number of halogens is 3. The van der Waals surface area contributed by atoms with Crippen molar-refractivity contribution in [3.8, 4) is 0 Å². The Morgan fingerprint density at radius 2 is 1.85 bits per heavy atom. The number of nitrogens with one attached hydrogen (secondary N) is 1. The summed E-state index contributed by atoms with van der Waals surface area (Å²) in [4.78, 5) is 20.1. The lowest BCUT2D eigenvalue weighted by molar-refractivity contribution is -0.127. The first-order chi connectivity index (χ1) is 15.9. The molecule has 1 aliphatic heterocycles. The third-order valence-corrected chi connectivity index (χ3v) is 6.90. The van der Waals surface area contributed by atoms with Crippen LogP contribution in [0.5, 0.6) is 0 Å². The SMILES string of the molecule is Cc1cccnc1C(NC(=O)C1CCN(Cc2ccc(Cl)c(Cl)c2)CC1)c1ccc(F)cc1. The van der Waals surface area contributed by atoms with Crippen LogP contribution in [0.3, 0.4) is 0 Å². The van der Waals surface area contributed by atoms with Gasteiger partial charge in [0, 0.05) is 18.7 Å². The molecule has 2 aromatic carbocycles. The molecule has 172 valence electrons. The third kappa shape index (κ3) is 5.91. The molecule has 2 heterocycles. The summed E-state index contributed by atoms with van der Waals surface area (Å²) in [6.45, 7) is 4.38. The molecule has 1 atom stereocenters. The molecule has 1 fully saturated rings. The topological polar surface area (TPSA) is 45.2 Å². The van der Waals surface area contributed by atoms with Crippen molar-refractivity contribution in [1.82, 2.24) is 15.2 Å². The Bertz CT molecular complexity index is 1110. The molecule has 4 nitrogen and oxygen atoms in total. The minimum Gasteiger partial charge on any atom is -0.343 e.